The standard InChI is InChI=1S/C47H86NO12P/c1-3-5-7-9-11-13-15-17-18-19-20-21-22-23-24-26-28-30-32-34-38(49)36-41(51)48-39(40(50)35-33-31-29-27-25-16-14-12-10-8-6-4-2)37-59-61(57,58)60-47-45(55)43(53)42(52)44(54)46(47)56/h10,12,21-22,25,27,33,35,38-40,42-47,49-50,52-56H,3-9,11,13-20,23-24,26,28-32,34,36-37H2,1-2H3,(H,48,51)(H,57,58)/b12-10+,22-21-,27-25+,35-33+. The van der Waals surface area contributed by atoms with Crippen molar-refractivity contribution in [3.8, 4) is 0 Å². The Kier molecular flexibility index (Phi) is 34.3. The smallest absolute Gasteiger partial charge is 0.393 e. The lowest BCUT2D eigenvalue weighted by atomic mass is 9.85. The predicted molar refractivity (Wildman–Crippen MR) is 243 cm³/mol. The number of unbranched alkanes of at least 4 members (excludes halogenated alkanes) is 19. The quantitative estimate of drug-likeness (QED) is 0.0164. The highest BCUT2D eigenvalue weighted by Crippen LogP contribution is 2.47. The van der Waals surface area contributed by atoms with Gasteiger partial charge in [-0.1, -0.05) is 159 Å². The summed E-state index contributed by atoms with van der Waals surface area (Å²) in [5.41, 5.74) is 0. The molecule has 9 N–H and O–H groups in total. The second-order valence-electron chi connectivity index (χ2n) is 16.8. The van der Waals surface area contributed by atoms with Crippen LogP contribution in [0.1, 0.15) is 181 Å². The minimum Gasteiger partial charge on any atom is -0.393 e. The van der Waals surface area contributed by atoms with Crippen molar-refractivity contribution in [3.05, 3.63) is 48.6 Å². The number of phosphoric ester groups is 1. The minimum atomic E-state index is -5.15. The van der Waals surface area contributed by atoms with Crippen molar-refractivity contribution in [1.29, 1.82) is 0 Å². The van der Waals surface area contributed by atoms with Crippen molar-refractivity contribution >= 4 is 13.7 Å². The Bertz CT molecular complexity index is 1230. The van der Waals surface area contributed by atoms with Gasteiger partial charge in [0.2, 0.25) is 5.91 Å². The molecule has 0 aliphatic heterocycles. The van der Waals surface area contributed by atoms with E-state index in [1.807, 2.05) is 6.08 Å². The largest absolute Gasteiger partial charge is 0.472 e. The molecule has 1 aliphatic rings. The van der Waals surface area contributed by atoms with Crippen LogP contribution in [0.3, 0.4) is 0 Å². The molecule has 0 aromatic carbocycles. The lowest BCUT2D eigenvalue weighted by molar-refractivity contribution is -0.220. The number of allylic oxidation sites excluding steroid dienone is 7. The molecular weight excluding hydrogens is 801 g/mol. The van der Waals surface area contributed by atoms with Crippen molar-refractivity contribution in [1.82, 2.24) is 5.32 Å². The Morgan fingerprint density at radius 2 is 0.984 bits per heavy atom. The Morgan fingerprint density at radius 1 is 0.574 bits per heavy atom. The molecule has 0 spiro atoms. The molecule has 0 bridgehead atoms. The van der Waals surface area contributed by atoms with Gasteiger partial charge < -0.3 is 46.0 Å². The number of aliphatic hydroxyl groups excluding tert-OH is 7. The molecule has 1 amide bonds. The summed E-state index contributed by atoms with van der Waals surface area (Å²) in [6, 6.07) is -1.27. The van der Waals surface area contributed by atoms with E-state index in [4.69, 9.17) is 9.05 Å². The highest BCUT2D eigenvalue weighted by Gasteiger charge is 2.51. The Balaban J connectivity index is 2.52. The number of aliphatic hydroxyl groups is 7. The van der Waals surface area contributed by atoms with Gasteiger partial charge in [0.05, 0.1) is 31.3 Å². The van der Waals surface area contributed by atoms with Crippen LogP contribution in [-0.2, 0) is 18.4 Å². The van der Waals surface area contributed by atoms with E-state index < -0.39 is 75.2 Å². The summed E-state index contributed by atoms with van der Waals surface area (Å²) in [6.07, 6.45) is 29.3. The third-order valence-corrected chi connectivity index (χ3v) is 12.1. The van der Waals surface area contributed by atoms with Gasteiger partial charge >= 0.3 is 7.82 Å². The summed E-state index contributed by atoms with van der Waals surface area (Å²) >= 11 is 0. The number of nitrogens with one attached hydrogen (secondary N) is 1. The summed E-state index contributed by atoms with van der Waals surface area (Å²) in [6.45, 7) is 3.66. The normalized spacial score (nSPS) is 23.6. The maximum absolute atomic E-state index is 13.0. The van der Waals surface area contributed by atoms with E-state index in [1.54, 1.807) is 6.08 Å². The van der Waals surface area contributed by atoms with Crippen LogP contribution in [0.25, 0.3) is 0 Å². The highest BCUT2D eigenvalue weighted by molar-refractivity contribution is 7.47. The first-order chi connectivity index (χ1) is 29.3. The number of carbonyl (C=O) groups excluding carboxylic acids is 1. The predicted octanol–water partition coefficient (Wildman–Crippen LogP) is 7.92. The number of hydrogen-bond donors (Lipinski definition) is 9. The van der Waals surface area contributed by atoms with Gasteiger partial charge in [-0.15, -0.1) is 0 Å². The number of hydrogen-bond acceptors (Lipinski definition) is 11. The maximum atomic E-state index is 13.0. The van der Waals surface area contributed by atoms with Crippen molar-refractivity contribution < 1.29 is 59.0 Å². The van der Waals surface area contributed by atoms with Crippen LogP contribution in [0.5, 0.6) is 0 Å². The zero-order valence-corrected chi connectivity index (χ0v) is 38.5. The van der Waals surface area contributed by atoms with Gasteiger partial charge in [0.25, 0.3) is 0 Å². The number of rotatable bonds is 38. The molecule has 1 aliphatic carbocycles. The van der Waals surface area contributed by atoms with Gasteiger partial charge in [0.1, 0.15) is 36.6 Å². The first kappa shape index (κ1) is 57.3. The number of amides is 1. The van der Waals surface area contributed by atoms with Crippen molar-refractivity contribution in [2.45, 2.75) is 236 Å². The van der Waals surface area contributed by atoms with Gasteiger partial charge in [0.15, 0.2) is 0 Å². The molecule has 0 aromatic rings. The van der Waals surface area contributed by atoms with E-state index >= 15 is 0 Å². The maximum Gasteiger partial charge on any atom is 0.472 e. The number of carbonyl (C=O) groups is 1. The zero-order chi connectivity index (χ0) is 45.1. The zero-order valence-electron chi connectivity index (χ0n) is 37.6. The summed E-state index contributed by atoms with van der Waals surface area (Å²) in [7, 11) is -5.15. The molecule has 1 saturated carbocycles. The Morgan fingerprint density at radius 3 is 1.49 bits per heavy atom. The van der Waals surface area contributed by atoms with E-state index in [0.29, 0.717) is 19.3 Å². The lowest BCUT2D eigenvalue weighted by Gasteiger charge is -2.41. The van der Waals surface area contributed by atoms with Crippen LogP contribution in [0.2, 0.25) is 0 Å². The van der Waals surface area contributed by atoms with Crippen LogP contribution in [0.4, 0.5) is 0 Å². The molecule has 8 atom stereocenters. The first-order valence-electron chi connectivity index (χ1n) is 23.7. The second-order valence-corrected chi connectivity index (χ2v) is 18.2. The van der Waals surface area contributed by atoms with E-state index in [-0.39, 0.29) is 6.42 Å². The summed E-state index contributed by atoms with van der Waals surface area (Å²) in [4.78, 5) is 23.4. The fourth-order valence-electron chi connectivity index (χ4n) is 7.19. The van der Waals surface area contributed by atoms with Gasteiger partial charge in [-0.3, -0.25) is 13.8 Å². The minimum absolute atomic E-state index is 0.263. The van der Waals surface area contributed by atoms with Gasteiger partial charge in [0, 0.05) is 0 Å². The molecule has 1 fully saturated rings. The van der Waals surface area contributed by atoms with Gasteiger partial charge in [-0.2, -0.15) is 0 Å². The lowest BCUT2D eigenvalue weighted by Crippen LogP contribution is -2.64. The summed E-state index contributed by atoms with van der Waals surface area (Å²) < 4.78 is 22.8. The summed E-state index contributed by atoms with van der Waals surface area (Å²) in [5, 5.41) is 74.4. The molecule has 0 radical (unpaired) electrons. The molecule has 0 saturated heterocycles. The van der Waals surface area contributed by atoms with Crippen LogP contribution in [0, 0.1) is 0 Å². The third-order valence-electron chi connectivity index (χ3n) is 11.1. The van der Waals surface area contributed by atoms with Crippen molar-refractivity contribution in [2.24, 2.45) is 0 Å². The molecule has 356 valence electrons. The second kappa shape index (κ2) is 36.6. The molecule has 0 aromatic heterocycles. The van der Waals surface area contributed by atoms with Crippen LogP contribution in [-0.4, -0.2) is 108 Å². The molecule has 1 rings (SSSR count). The number of phosphoric acid groups is 1. The molecular formula is C47H86NO12P. The Hall–Kier alpha value is -1.74. The highest BCUT2D eigenvalue weighted by atomic mass is 31.2. The van der Waals surface area contributed by atoms with E-state index in [0.717, 1.165) is 64.2 Å². The average Bonchev–Trinajstić information content (AvgIpc) is 3.23. The summed E-state index contributed by atoms with van der Waals surface area (Å²) in [5.74, 6) is -0.614. The van der Waals surface area contributed by atoms with Crippen LogP contribution >= 0.6 is 7.82 Å². The molecule has 0 heterocycles. The van der Waals surface area contributed by atoms with Crippen LogP contribution < -0.4 is 5.32 Å². The topological polar surface area (TPSA) is 226 Å². The molecule has 14 heteroatoms. The molecule has 61 heavy (non-hydrogen) atoms. The Labute approximate surface area is 368 Å². The SMILES string of the molecule is CCCC/C=C/CC/C=C/CC/C=C/C(O)C(COP(=O)(O)OC1C(O)C(O)C(O)C(O)C1O)NC(=O)CC(O)CCCCCCC/C=C\CCCCCCCCCCCC. The van der Waals surface area contributed by atoms with Crippen molar-refractivity contribution in [2.75, 3.05) is 6.61 Å². The van der Waals surface area contributed by atoms with E-state index in [1.165, 1.54) is 83.1 Å². The fraction of sp³-hybridized carbons (Fsp3) is 0.809. The molecule has 8 unspecified atom stereocenters. The van der Waals surface area contributed by atoms with E-state index in [9.17, 15) is 50.0 Å². The van der Waals surface area contributed by atoms with Crippen molar-refractivity contribution in [3.63, 3.8) is 0 Å². The average molecular weight is 888 g/mol. The van der Waals surface area contributed by atoms with Gasteiger partial charge in [-0.25, -0.2) is 4.57 Å². The van der Waals surface area contributed by atoms with E-state index in [2.05, 4.69) is 49.5 Å². The third kappa shape index (κ3) is 28.6. The van der Waals surface area contributed by atoms with Gasteiger partial charge in [-0.05, 0) is 64.2 Å². The van der Waals surface area contributed by atoms with Crippen LogP contribution in [0.15, 0.2) is 48.6 Å². The first-order valence-corrected chi connectivity index (χ1v) is 25.2. The monoisotopic (exact) mass is 888 g/mol. The fourth-order valence-corrected chi connectivity index (χ4v) is 8.16. The molecule has 13 nitrogen and oxygen atoms in total.